The number of hydrogen-bond donors (Lipinski definition) is 2. The first kappa shape index (κ1) is 25.3. The van der Waals surface area contributed by atoms with Crippen molar-refractivity contribution in [3.8, 4) is 0 Å². The van der Waals surface area contributed by atoms with Gasteiger partial charge in [-0.3, -0.25) is 25.3 Å². The van der Waals surface area contributed by atoms with Crippen LogP contribution in [0.2, 0.25) is 0 Å². The summed E-state index contributed by atoms with van der Waals surface area (Å²) >= 11 is 0. The normalized spacial score (nSPS) is 17.8. The van der Waals surface area contributed by atoms with Crippen molar-refractivity contribution in [2.45, 2.75) is 50.0 Å². The van der Waals surface area contributed by atoms with Gasteiger partial charge >= 0.3 is 0 Å². The van der Waals surface area contributed by atoms with Crippen LogP contribution in [0.15, 0.2) is 59.5 Å². The fourth-order valence-corrected chi connectivity index (χ4v) is 6.21. The maximum Gasteiger partial charge on any atom is 0.269 e. The molecule has 1 aliphatic heterocycles. The van der Waals surface area contributed by atoms with Crippen LogP contribution >= 0.6 is 0 Å². The molecule has 1 heterocycles. The molecule has 1 saturated carbocycles. The van der Waals surface area contributed by atoms with Gasteiger partial charge in [0.25, 0.3) is 5.91 Å². The molecule has 8 nitrogen and oxygen atoms in total. The summed E-state index contributed by atoms with van der Waals surface area (Å²) in [5.74, 6) is -0.0775. The van der Waals surface area contributed by atoms with E-state index in [9.17, 15) is 18.0 Å². The molecular formula is C26H34N4O4S. The summed E-state index contributed by atoms with van der Waals surface area (Å²) in [4.78, 5) is 26.8. The lowest BCUT2D eigenvalue weighted by atomic mass is 10.0. The molecule has 1 saturated heterocycles. The smallest absolute Gasteiger partial charge is 0.269 e. The Balaban J connectivity index is 1.25. The lowest BCUT2D eigenvalue weighted by Gasteiger charge is -2.34. The Morgan fingerprint density at radius 3 is 2.17 bits per heavy atom. The molecule has 4 rings (SSSR count). The second kappa shape index (κ2) is 11.8. The molecule has 188 valence electrons. The van der Waals surface area contributed by atoms with Gasteiger partial charge in [-0.2, -0.15) is 4.31 Å². The van der Waals surface area contributed by atoms with Crippen LogP contribution in [0.25, 0.3) is 0 Å². The molecule has 0 atom stereocenters. The molecule has 2 aliphatic rings. The van der Waals surface area contributed by atoms with Gasteiger partial charge in [0.15, 0.2) is 0 Å². The second-order valence-corrected chi connectivity index (χ2v) is 11.3. The number of nitrogens with zero attached hydrogens (tertiary/aromatic N) is 2. The van der Waals surface area contributed by atoms with Gasteiger partial charge < -0.3 is 0 Å². The van der Waals surface area contributed by atoms with Crippen molar-refractivity contribution in [1.82, 2.24) is 20.1 Å². The SMILES string of the molecule is O=C(CCC1CCCC1)NNC(=O)c1ccc(S(=O)(=O)N2CCN(Cc3ccccc3)CC2)cc1. The predicted octanol–water partition coefficient (Wildman–Crippen LogP) is 2.92. The van der Waals surface area contributed by atoms with E-state index in [-0.39, 0.29) is 16.4 Å². The van der Waals surface area contributed by atoms with E-state index in [0.717, 1.165) is 13.0 Å². The van der Waals surface area contributed by atoms with E-state index in [2.05, 4.69) is 27.9 Å². The summed E-state index contributed by atoms with van der Waals surface area (Å²) in [7, 11) is -3.64. The largest absolute Gasteiger partial charge is 0.296 e. The third kappa shape index (κ3) is 6.90. The Kier molecular flexibility index (Phi) is 8.54. The minimum Gasteiger partial charge on any atom is -0.296 e. The van der Waals surface area contributed by atoms with Crippen molar-refractivity contribution in [3.63, 3.8) is 0 Å². The summed E-state index contributed by atoms with van der Waals surface area (Å²) in [6.07, 6.45) is 6.06. The van der Waals surface area contributed by atoms with E-state index in [0.29, 0.717) is 38.5 Å². The highest BCUT2D eigenvalue weighted by Gasteiger charge is 2.28. The van der Waals surface area contributed by atoms with Crippen molar-refractivity contribution in [3.05, 3.63) is 65.7 Å². The van der Waals surface area contributed by atoms with Crippen LogP contribution in [0.4, 0.5) is 0 Å². The Labute approximate surface area is 207 Å². The number of sulfonamides is 1. The monoisotopic (exact) mass is 498 g/mol. The van der Waals surface area contributed by atoms with E-state index >= 15 is 0 Å². The molecule has 2 N–H and O–H groups in total. The molecule has 9 heteroatoms. The first-order valence-corrected chi connectivity index (χ1v) is 13.8. The van der Waals surface area contributed by atoms with E-state index in [1.54, 1.807) is 0 Å². The second-order valence-electron chi connectivity index (χ2n) is 9.38. The number of carbonyl (C=O) groups excluding carboxylic acids is 2. The molecule has 0 bridgehead atoms. The fraction of sp³-hybridized carbons (Fsp3) is 0.462. The van der Waals surface area contributed by atoms with Crippen LogP contribution in [0, 0.1) is 5.92 Å². The summed E-state index contributed by atoms with van der Waals surface area (Å²) in [6, 6.07) is 16.0. The summed E-state index contributed by atoms with van der Waals surface area (Å²) < 4.78 is 27.7. The van der Waals surface area contributed by atoms with Gasteiger partial charge in [0.2, 0.25) is 15.9 Å². The minimum absolute atomic E-state index is 0.158. The summed E-state index contributed by atoms with van der Waals surface area (Å²) in [5, 5.41) is 0. The molecule has 0 spiro atoms. The van der Waals surface area contributed by atoms with Gasteiger partial charge in [0.05, 0.1) is 4.90 Å². The van der Waals surface area contributed by atoms with Crippen LogP contribution in [-0.4, -0.2) is 55.6 Å². The minimum atomic E-state index is -3.64. The number of piperazine rings is 1. The fourth-order valence-electron chi connectivity index (χ4n) is 4.79. The van der Waals surface area contributed by atoms with Gasteiger partial charge in [-0.05, 0) is 42.2 Å². The van der Waals surface area contributed by atoms with Crippen molar-refractivity contribution in [1.29, 1.82) is 0 Å². The topological polar surface area (TPSA) is 98.8 Å². The van der Waals surface area contributed by atoms with Crippen LogP contribution in [0.5, 0.6) is 0 Å². The molecule has 0 aromatic heterocycles. The van der Waals surface area contributed by atoms with Crippen LogP contribution in [0.3, 0.4) is 0 Å². The summed E-state index contributed by atoms with van der Waals surface area (Å²) in [6.45, 7) is 2.97. The molecule has 2 aromatic rings. The van der Waals surface area contributed by atoms with E-state index in [1.807, 2.05) is 18.2 Å². The highest BCUT2D eigenvalue weighted by Crippen LogP contribution is 2.28. The molecule has 2 fully saturated rings. The number of rotatable bonds is 8. The zero-order valence-corrected chi connectivity index (χ0v) is 20.8. The van der Waals surface area contributed by atoms with Crippen molar-refractivity contribution < 1.29 is 18.0 Å². The van der Waals surface area contributed by atoms with Gasteiger partial charge in [0, 0.05) is 44.7 Å². The third-order valence-corrected chi connectivity index (χ3v) is 8.82. The van der Waals surface area contributed by atoms with Gasteiger partial charge in [0.1, 0.15) is 0 Å². The van der Waals surface area contributed by atoms with Crippen LogP contribution < -0.4 is 10.9 Å². The van der Waals surface area contributed by atoms with Crippen molar-refractivity contribution in [2.24, 2.45) is 5.92 Å². The average molecular weight is 499 g/mol. The Hall–Kier alpha value is -2.75. The predicted molar refractivity (Wildman–Crippen MR) is 134 cm³/mol. The zero-order valence-electron chi connectivity index (χ0n) is 20.0. The van der Waals surface area contributed by atoms with Crippen LogP contribution in [-0.2, 0) is 21.4 Å². The number of nitrogens with one attached hydrogen (secondary N) is 2. The van der Waals surface area contributed by atoms with Crippen molar-refractivity contribution in [2.75, 3.05) is 26.2 Å². The Bertz CT molecular complexity index is 1090. The Morgan fingerprint density at radius 2 is 1.51 bits per heavy atom. The molecule has 0 radical (unpaired) electrons. The Morgan fingerprint density at radius 1 is 0.857 bits per heavy atom. The van der Waals surface area contributed by atoms with Gasteiger partial charge in [-0.1, -0.05) is 56.0 Å². The lowest BCUT2D eigenvalue weighted by molar-refractivity contribution is -0.122. The first-order chi connectivity index (χ1) is 16.9. The number of hydrazine groups is 1. The van der Waals surface area contributed by atoms with E-state index < -0.39 is 15.9 Å². The number of hydrogen-bond acceptors (Lipinski definition) is 5. The molecule has 2 amide bonds. The molecular weight excluding hydrogens is 464 g/mol. The maximum atomic E-state index is 13.1. The molecule has 1 aliphatic carbocycles. The molecule has 35 heavy (non-hydrogen) atoms. The van der Waals surface area contributed by atoms with Crippen LogP contribution in [0.1, 0.15) is 54.4 Å². The third-order valence-electron chi connectivity index (χ3n) is 6.90. The average Bonchev–Trinajstić information content (AvgIpc) is 3.41. The molecule has 2 aromatic carbocycles. The van der Waals surface area contributed by atoms with Gasteiger partial charge in [-0.25, -0.2) is 8.42 Å². The van der Waals surface area contributed by atoms with E-state index in [1.165, 1.54) is 59.8 Å². The number of carbonyl (C=O) groups is 2. The highest BCUT2D eigenvalue weighted by molar-refractivity contribution is 7.89. The number of amides is 2. The maximum absolute atomic E-state index is 13.1. The van der Waals surface area contributed by atoms with Crippen molar-refractivity contribution >= 4 is 21.8 Å². The standard InChI is InChI=1S/C26H34N4O4S/c31-25(15-10-21-6-4-5-7-21)27-28-26(32)23-11-13-24(14-12-23)35(33,34)30-18-16-29(17-19-30)20-22-8-2-1-3-9-22/h1-3,8-9,11-14,21H,4-7,10,15-20H2,(H,27,31)(H,28,32). The zero-order chi connectivity index (χ0) is 24.7. The van der Waals surface area contributed by atoms with Gasteiger partial charge in [-0.15, -0.1) is 0 Å². The summed E-state index contributed by atoms with van der Waals surface area (Å²) in [5.41, 5.74) is 6.37. The molecule has 0 unspecified atom stereocenters. The number of benzene rings is 2. The first-order valence-electron chi connectivity index (χ1n) is 12.4. The lowest BCUT2D eigenvalue weighted by Crippen LogP contribution is -2.48. The van der Waals surface area contributed by atoms with E-state index in [4.69, 9.17) is 0 Å². The highest BCUT2D eigenvalue weighted by atomic mass is 32.2. The quantitative estimate of drug-likeness (QED) is 0.546.